The SMILES string of the molecule is CCCCCCCCC.N.N.O=P(O)(O)O. The lowest BCUT2D eigenvalue weighted by Gasteiger charge is -1.96. The number of phosphoric acid groups is 1. The van der Waals surface area contributed by atoms with E-state index < -0.39 is 7.82 Å². The van der Waals surface area contributed by atoms with E-state index in [0.29, 0.717) is 0 Å². The summed E-state index contributed by atoms with van der Waals surface area (Å²) in [5, 5.41) is 0. The highest BCUT2D eigenvalue weighted by molar-refractivity contribution is 7.45. The summed E-state index contributed by atoms with van der Waals surface area (Å²) in [6.45, 7) is 4.53. The van der Waals surface area contributed by atoms with Gasteiger partial charge in [0.25, 0.3) is 0 Å². The number of hydrogen-bond donors (Lipinski definition) is 5. The molecule has 0 aromatic rings. The van der Waals surface area contributed by atoms with Crippen LogP contribution in [0.1, 0.15) is 58.8 Å². The molecule has 0 radical (unpaired) electrons. The Morgan fingerprint density at radius 1 is 0.750 bits per heavy atom. The van der Waals surface area contributed by atoms with Crippen molar-refractivity contribution in [1.82, 2.24) is 12.3 Å². The van der Waals surface area contributed by atoms with Crippen LogP contribution in [0.15, 0.2) is 0 Å². The van der Waals surface area contributed by atoms with E-state index in [4.69, 9.17) is 19.2 Å². The molecular formula is C9H29N2O4P. The Kier molecular flexibility index (Phi) is 27.3. The second kappa shape index (κ2) is 17.4. The maximum atomic E-state index is 8.88. The highest BCUT2D eigenvalue weighted by Gasteiger charge is 2.00. The first kappa shape index (κ1) is 25.0. The van der Waals surface area contributed by atoms with Crippen molar-refractivity contribution in [2.75, 3.05) is 0 Å². The molecule has 7 heteroatoms. The van der Waals surface area contributed by atoms with Crippen LogP contribution in [0, 0.1) is 0 Å². The monoisotopic (exact) mass is 260 g/mol. The van der Waals surface area contributed by atoms with E-state index in [2.05, 4.69) is 13.8 Å². The maximum Gasteiger partial charge on any atom is 0.466 e. The van der Waals surface area contributed by atoms with Gasteiger partial charge in [0.1, 0.15) is 0 Å². The van der Waals surface area contributed by atoms with Crippen LogP contribution in [0.25, 0.3) is 0 Å². The Balaban J connectivity index is -0.0000000904. The number of rotatable bonds is 6. The third-order valence-electron chi connectivity index (χ3n) is 1.71. The van der Waals surface area contributed by atoms with Gasteiger partial charge < -0.3 is 27.0 Å². The molecule has 6 nitrogen and oxygen atoms in total. The van der Waals surface area contributed by atoms with Crippen LogP contribution >= 0.6 is 7.82 Å². The number of unbranched alkanes of at least 4 members (excludes halogenated alkanes) is 6. The smallest absolute Gasteiger partial charge is 0.344 e. The molecule has 0 amide bonds. The normalized spacial score (nSPS) is 9.31. The third kappa shape index (κ3) is 65.5. The summed E-state index contributed by atoms with van der Waals surface area (Å²) in [7, 11) is -4.64. The van der Waals surface area contributed by atoms with E-state index in [0.717, 1.165) is 0 Å². The van der Waals surface area contributed by atoms with Gasteiger partial charge in [0.15, 0.2) is 0 Å². The van der Waals surface area contributed by atoms with Crippen molar-refractivity contribution in [2.24, 2.45) is 0 Å². The van der Waals surface area contributed by atoms with Gasteiger partial charge in [-0.2, -0.15) is 0 Å². The lowest BCUT2D eigenvalue weighted by Crippen LogP contribution is -1.76. The second-order valence-electron chi connectivity index (χ2n) is 3.28. The Hall–Kier alpha value is 0.0300. The predicted molar refractivity (Wildman–Crippen MR) is 68.0 cm³/mol. The average Bonchev–Trinajstić information content (AvgIpc) is 2.01. The molecule has 0 rings (SSSR count). The summed E-state index contributed by atoms with van der Waals surface area (Å²) in [5.74, 6) is 0. The van der Waals surface area contributed by atoms with Gasteiger partial charge >= 0.3 is 7.82 Å². The molecule has 0 aliphatic rings. The molecule has 0 saturated heterocycles. The summed E-state index contributed by atoms with van der Waals surface area (Å²) in [5.41, 5.74) is 0. The van der Waals surface area contributed by atoms with Crippen molar-refractivity contribution in [3.05, 3.63) is 0 Å². The van der Waals surface area contributed by atoms with Gasteiger partial charge in [-0.25, -0.2) is 4.57 Å². The Morgan fingerprint density at radius 2 is 0.938 bits per heavy atom. The molecular weight excluding hydrogens is 231 g/mol. The van der Waals surface area contributed by atoms with Gasteiger partial charge in [0.2, 0.25) is 0 Å². The quantitative estimate of drug-likeness (QED) is 0.366. The van der Waals surface area contributed by atoms with E-state index in [-0.39, 0.29) is 12.3 Å². The fourth-order valence-corrected chi connectivity index (χ4v) is 1.03. The molecule has 0 saturated carbocycles. The Bertz CT molecular complexity index is 138. The molecule has 0 heterocycles. The molecule has 0 aliphatic heterocycles. The van der Waals surface area contributed by atoms with Crippen LogP contribution in [0.2, 0.25) is 0 Å². The van der Waals surface area contributed by atoms with Crippen LogP contribution in [-0.2, 0) is 4.57 Å². The number of hydrogen-bond acceptors (Lipinski definition) is 3. The largest absolute Gasteiger partial charge is 0.466 e. The third-order valence-corrected chi connectivity index (χ3v) is 1.71. The lowest BCUT2D eigenvalue weighted by atomic mass is 10.1. The minimum absolute atomic E-state index is 0. The molecule has 0 aromatic heterocycles. The zero-order valence-corrected chi connectivity index (χ0v) is 11.5. The van der Waals surface area contributed by atoms with Gasteiger partial charge in [0.05, 0.1) is 0 Å². The van der Waals surface area contributed by atoms with Crippen molar-refractivity contribution in [3.63, 3.8) is 0 Å². The first-order valence-corrected chi connectivity index (χ1v) is 6.76. The van der Waals surface area contributed by atoms with E-state index in [9.17, 15) is 0 Å². The summed E-state index contributed by atoms with van der Waals surface area (Å²) in [6, 6.07) is 0. The second-order valence-corrected chi connectivity index (χ2v) is 4.31. The van der Waals surface area contributed by atoms with Crippen LogP contribution in [0.4, 0.5) is 0 Å². The van der Waals surface area contributed by atoms with Crippen molar-refractivity contribution in [3.8, 4) is 0 Å². The van der Waals surface area contributed by atoms with E-state index in [1.165, 1.54) is 44.9 Å². The molecule has 0 fully saturated rings. The van der Waals surface area contributed by atoms with Gasteiger partial charge in [-0.15, -0.1) is 0 Å². The molecule has 9 N–H and O–H groups in total. The molecule has 16 heavy (non-hydrogen) atoms. The summed E-state index contributed by atoms with van der Waals surface area (Å²) in [4.78, 5) is 21.6. The molecule has 0 spiro atoms. The van der Waals surface area contributed by atoms with Crippen molar-refractivity contribution in [1.29, 1.82) is 0 Å². The minimum Gasteiger partial charge on any atom is -0.344 e. The average molecular weight is 260 g/mol. The summed E-state index contributed by atoms with van der Waals surface area (Å²) in [6.07, 6.45) is 9.97. The fraction of sp³-hybridized carbons (Fsp3) is 1.00. The van der Waals surface area contributed by atoms with Crippen LogP contribution in [0.3, 0.4) is 0 Å². The van der Waals surface area contributed by atoms with Crippen molar-refractivity contribution >= 4 is 7.82 Å². The summed E-state index contributed by atoms with van der Waals surface area (Å²) < 4.78 is 8.88. The predicted octanol–water partition coefficient (Wildman–Crippen LogP) is 3.15. The van der Waals surface area contributed by atoms with Crippen LogP contribution < -0.4 is 12.3 Å². The van der Waals surface area contributed by atoms with E-state index in [1.54, 1.807) is 0 Å². The molecule has 0 bridgehead atoms. The summed E-state index contributed by atoms with van der Waals surface area (Å²) >= 11 is 0. The lowest BCUT2D eigenvalue weighted by molar-refractivity contribution is 0.275. The highest BCUT2D eigenvalue weighted by atomic mass is 31.2. The molecule has 0 aromatic carbocycles. The van der Waals surface area contributed by atoms with Crippen LogP contribution in [0.5, 0.6) is 0 Å². The Morgan fingerprint density at radius 3 is 1.12 bits per heavy atom. The van der Waals surface area contributed by atoms with Gasteiger partial charge in [-0.1, -0.05) is 58.8 Å². The van der Waals surface area contributed by atoms with E-state index in [1.807, 2.05) is 0 Å². The standard InChI is InChI=1S/C9H20.2H3N.H3O4P/c1-3-5-7-9-8-6-4-2;;;1-5(2,3)4/h3-9H2,1-2H3;2*1H3;(H3,1,2,3,4). The van der Waals surface area contributed by atoms with Crippen LogP contribution in [-0.4, -0.2) is 14.7 Å². The van der Waals surface area contributed by atoms with Gasteiger partial charge in [0, 0.05) is 0 Å². The zero-order chi connectivity index (χ0) is 11.4. The van der Waals surface area contributed by atoms with Crippen molar-refractivity contribution < 1.29 is 19.2 Å². The highest BCUT2D eigenvalue weighted by Crippen LogP contribution is 2.25. The van der Waals surface area contributed by atoms with Gasteiger partial charge in [-0.05, 0) is 0 Å². The maximum absolute atomic E-state index is 8.88. The van der Waals surface area contributed by atoms with Crippen molar-refractivity contribution in [2.45, 2.75) is 58.8 Å². The fourth-order valence-electron chi connectivity index (χ4n) is 1.03. The first-order chi connectivity index (χ1) is 6.41. The zero-order valence-electron chi connectivity index (χ0n) is 10.6. The molecule has 0 atom stereocenters. The topological polar surface area (TPSA) is 148 Å². The first-order valence-electron chi connectivity index (χ1n) is 5.20. The van der Waals surface area contributed by atoms with E-state index >= 15 is 0 Å². The molecule has 104 valence electrons. The minimum atomic E-state index is -4.64. The molecule has 0 aliphatic carbocycles. The molecule has 0 unspecified atom stereocenters. The Labute approximate surface area is 98.9 Å². The van der Waals surface area contributed by atoms with Gasteiger partial charge in [-0.3, -0.25) is 0 Å².